The van der Waals surface area contributed by atoms with E-state index in [1.54, 1.807) is 24.1 Å². The average Bonchev–Trinajstić information content (AvgIpc) is 3.03. The minimum atomic E-state index is -1.10. The lowest BCUT2D eigenvalue weighted by Crippen LogP contribution is -2.54. The first kappa shape index (κ1) is 34.7. The van der Waals surface area contributed by atoms with Gasteiger partial charge in [-0.2, -0.15) is 16.7 Å². The predicted octanol–water partition coefficient (Wildman–Crippen LogP) is 3.83. The van der Waals surface area contributed by atoms with Crippen LogP contribution < -0.4 is 16.3 Å². The van der Waals surface area contributed by atoms with Gasteiger partial charge in [0.05, 0.1) is 22.3 Å². The van der Waals surface area contributed by atoms with Gasteiger partial charge in [-0.15, -0.1) is 0 Å². The number of benzene rings is 1. The van der Waals surface area contributed by atoms with Gasteiger partial charge in [-0.25, -0.2) is 23.1 Å². The second kappa shape index (κ2) is 14.2. The molecule has 1 aliphatic rings. The van der Waals surface area contributed by atoms with E-state index in [-0.39, 0.29) is 53.4 Å². The number of aromatic nitrogens is 4. The van der Waals surface area contributed by atoms with E-state index in [0.717, 1.165) is 12.1 Å². The number of carboxylic acids is 1. The number of halogens is 2. The zero-order valence-corrected chi connectivity index (χ0v) is 27.8. The third-order valence-corrected chi connectivity index (χ3v) is 9.37. The third-order valence-electron chi connectivity index (χ3n) is 8.28. The molecule has 4 heterocycles. The number of anilines is 1. The fraction of sp³-hybridized carbons (Fsp3) is 0.394. The molecule has 0 radical (unpaired) electrons. The molecule has 1 saturated heterocycles. The number of fused-ring (bicyclic) bond motifs is 1. The summed E-state index contributed by atoms with van der Waals surface area (Å²) in [5, 5.41) is 19.6. The maximum Gasteiger partial charge on any atom is 0.355 e. The van der Waals surface area contributed by atoms with Crippen LogP contribution in [-0.2, 0) is 9.59 Å². The molecule has 5 rings (SSSR count). The van der Waals surface area contributed by atoms with Gasteiger partial charge < -0.3 is 25.7 Å². The van der Waals surface area contributed by atoms with Gasteiger partial charge in [0, 0.05) is 49.8 Å². The van der Waals surface area contributed by atoms with E-state index in [0.29, 0.717) is 35.8 Å². The van der Waals surface area contributed by atoms with Crippen LogP contribution in [0.25, 0.3) is 28.0 Å². The van der Waals surface area contributed by atoms with Crippen molar-refractivity contribution in [3.05, 3.63) is 69.9 Å². The molecule has 12 nitrogen and oxygen atoms in total. The molecule has 254 valence electrons. The lowest BCUT2D eigenvalue weighted by atomic mass is 10.0. The number of aromatic hydroxyl groups is 1. The number of carbonyl (C=O) groups excluding carboxylic acids is 1. The Labute approximate surface area is 279 Å². The van der Waals surface area contributed by atoms with Crippen LogP contribution in [-0.4, -0.2) is 89.7 Å². The Morgan fingerprint density at radius 1 is 1.15 bits per heavy atom. The standard InChI is InChI=1S/C33H37F2N7O5S/c1-17(2)27-29(18(3)8-10-37-27)42-31-20(14-22(35)28(38-31)26-21(34)6-5-7-24(26)43)30(39-33(42)47)41-12-11-40(15-19(41)4)25(44)9-13-48-16-23(36)32(45)46/h5-8,10,14,17,19,23,43H,9,11-13,15-16,36H2,1-4H3,(H,45,46)/t19-,23-/m0/s1. The minimum Gasteiger partial charge on any atom is -0.507 e. The molecule has 15 heteroatoms. The van der Waals surface area contributed by atoms with Gasteiger partial charge in [-0.05, 0) is 49.6 Å². The van der Waals surface area contributed by atoms with Gasteiger partial charge in [0.2, 0.25) is 5.91 Å². The highest BCUT2D eigenvalue weighted by atomic mass is 32.2. The van der Waals surface area contributed by atoms with E-state index in [9.17, 15) is 19.5 Å². The largest absolute Gasteiger partial charge is 0.507 e. The molecule has 4 N–H and O–H groups in total. The Morgan fingerprint density at radius 2 is 1.90 bits per heavy atom. The Morgan fingerprint density at radius 3 is 2.56 bits per heavy atom. The summed E-state index contributed by atoms with van der Waals surface area (Å²) in [5.41, 5.74) is 5.62. The molecule has 0 saturated carbocycles. The Kier molecular flexibility index (Phi) is 10.3. The molecule has 0 bridgehead atoms. The van der Waals surface area contributed by atoms with E-state index in [1.165, 1.54) is 28.5 Å². The van der Waals surface area contributed by atoms with Crippen LogP contribution in [0, 0.1) is 18.6 Å². The monoisotopic (exact) mass is 681 g/mol. The molecule has 3 aromatic heterocycles. The van der Waals surface area contributed by atoms with Crippen molar-refractivity contribution < 1.29 is 28.6 Å². The van der Waals surface area contributed by atoms with Crippen LogP contribution in [0.1, 0.15) is 44.4 Å². The predicted molar refractivity (Wildman–Crippen MR) is 180 cm³/mol. The van der Waals surface area contributed by atoms with Crippen molar-refractivity contribution >= 4 is 40.5 Å². The van der Waals surface area contributed by atoms with Crippen LogP contribution in [0.3, 0.4) is 0 Å². The van der Waals surface area contributed by atoms with E-state index in [1.807, 2.05) is 25.7 Å². The van der Waals surface area contributed by atoms with E-state index >= 15 is 8.78 Å². The van der Waals surface area contributed by atoms with Crippen LogP contribution in [0.5, 0.6) is 5.75 Å². The number of phenolic OH excluding ortho intramolecular Hbond substituents is 1. The van der Waals surface area contributed by atoms with Crippen molar-refractivity contribution in [2.45, 2.75) is 52.1 Å². The van der Waals surface area contributed by atoms with Crippen molar-refractivity contribution in [3.63, 3.8) is 0 Å². The zero-order valence-electron chi connectivity index (χ0n) is 27.0. The molecule has 1 amide bonds. The molecular formula is C33H37F2N7O5S. The number of hydrogen-bond donors (Lipinski definition) is 3. The van der Waals surface area contributed by atoms with Gasteiger partial charge in [-0.1, -0.05) is 19.9 Å². The number of nitrogens with zero attached hydrogens (tertiary/aromatic N) is 6. The van der Waals surface area contributed by atoms with Gasteiger partial charge in [0.15, 0.2) is 11.5 Å². The number of piperazine rings is 1. The maximum atomic E-state index is 16.0. The highest BCUT2D eigenvalue weighted by Crippen LogP contribution is 2.36. The first-order chi connectivity index (χ1) is 22.8. The van der Waals surface area contributed by atoms with Crippen LogP contribution >= 0.6 is 11.8 Å². The number of nitrogens with two attached hydrogens (primary N) is 1. The normalized spacial score (nSPS) is 15.7. The lowest BCUT2D eigenvalue weighted by molar-refractivity contribution is -0.138. The van der Waals surface area contributed by atoms with Crippen molar-refractivity contribution in [1.82, 2.24) is 24.4 Å². The highest BCUT2D eigenvalue weighted by molar-refractivity contribution is 7.99. The molecule has 1 fully saturated rings. The summed E-state index contributed by atoms with van der Waals surface area (Å²) in [6, 6.07) is 5.13. The molecule has 2 atom stereocenters. The summed E-state index contributed by atoms with van der Waals surface area (Å²) in [7, 11) is 0. The smallest absolute Gasteiger partial charge is 0.355 e. The highest BCUT2D eigenvalue weighted by Gasteiger charge is 2.31. The maximum absolute atomic E-state index is 16.0. The van der Waals surface area contributed by atoms with Crippen LogP contribution in [0.15, 0.2) is 41.3 Å². The number of carboxylic acid groups (broad SMARTS) is 1. The molecule has 1 aliphatic heterocycles. The molecule has 0 aliphatic carbocycles. The Bertz CT molecular complexity index is 1920. The number of thioether (sulfide) groups is 1. The second-order valence-electron chi connectivity index (χ2n) is 12.0. The fourth-order valence-electron chi connectivity index (χ4n) is 5.83. The van der Waals surface area contributed by atoms with E-state index in [2.05, 4.69) is 15.0 Å². The second-order valence-corrected chi connectivity index (χ2v) is 13.2. The Hall–Kier alpha value is -4.63. The van der Waals surface area contributed by atoms with Gasteiger partial charge >= 0.3 is 11.7 Å². The zero-order chi connectivity index (χ0) is 34.9. The van der Waals surface area contributed by atoms with Crippen LogP contribution in [0.2, 0.25) is 0 Å². The summed E-state index contributed by atoms with van der Waals surface area (Å²) >= 11 is 1.29. The quantitative estimate of drug-likeness (QED) is 0.208. The average molecular weight is 682 g/mol. The molecule has 1 aromatic carbocycles. The first-order valence-corrected chi connectivity index (χ1v) is 16.6. The van der Waals surface area contributed by atoms with Crippen molar-refractivity contribution in [2.75, 3.05) is 36.0 Å². The number of phenols is 1. The van der Waals surface area contributed by atoms with Crippen molar-refractivity contribution in [2.24, 2.45) is 5.73 Å². The van der Waals surface area contributed by atoms with E-state index < -0.39 is 46.3 Å². The Balaban J connectivity index is 1.57. The minimum absolute atomic E-state index is 0.00403. The van der Waals surface area contributed by atoms with Gasteiger partial charge in [-0.3, -0.25) is 14.6 Å². The first-order valence-electron chi connectivity index (χ1n) is 15.5. The van der Waals surface area contributed by atoms with E-state index in [4.69, 9.17) is 10.8 Å². The van der Waals surface area contributed by atoms with Gasteiger partial charge in [0.1, 0.15) is 29.1 Å². The SMILES string of the molecule is Cc1ccnc(C(C)C)c1-n1c(=O)nc(N2CCN(C(=O)CCSC[C@H](N)C(=O)O)C[C@@H]2C)c2cc(F)c(-c3c(O)cccc3F)nc21. The summed E-state index contributed by atoms with van der Waals surface area (Å²) in [5.74, 6) is -2.88. The molecule has 4 aromatic rings. The molecule has 48 heavy (non-hydrogen) atoms. The molecular weight excluding hydrogens is 644 g/mol. The summed E-state index contributed by atoms with van der Waals surface area (Å²) in [6.45, 7) is 8.36. The number of aliphatic carboxylic acids is 1. The summed E-state index contributed by atoms with van der Waals surface area (Å²) in [6.07, 6.45) is 1.83. The van der Waals surface area contributed by atoms with Crippen molar-refractivity contribution in [3.8, 4) is 22.7 Å². The number of amides is 1. The fourth-order valence-corrected chi connectivity index (χ4v) is 6.71. The number of carbonyl (C=O) groups is 2. The number of pyridine rings is 2. The third kappa shape index (κ3) is 6.83. The summed E-state index contributed by atoms with van der Waals surface area (Å²) < 4.78 is 32.2. The number of aryl methyl sites for hydroxylation is 1. The lowest BCUT2D eigenvalue weighted by Gasteiger charge is -2.41. The topological polar surface area (TPSA) is 168 Å². The van der Waals surface area contributed by atoms with Crippen LogP contribution in [0.4, 0.5) is 14.6 Å². The number of rotatable bonds is 10. The van der Waals surface area contributed by atoms with Crippen molar-refractivity contribution in [1.29, 1.82) is 0 Å². The molecule has 0 spiro atoms. The summed E-state index contributed by atoms with van der Waals surface area (Å²) in [4.78, 5) is 54.9. The van der Waals surface area contributed by atoms with Gasteiger partial charge in [0.25, 0.3) is 0 Å². The number of hydrogen-bond acceptors (Lipinski definition) is 10. The molecule has 0 unspecified atom stereocenters.